The van der Waals surface area contributed by atoms with Crippen LogP contribution in [0.2, 0.25) is 0 Å². The highest BCUT2D eigenvalue weighted by atomic mass is 16.5. The lowest BCUT2D eigenvalue weighted by molar-refractivity contribution is -0.187. The summed E-state index contributed by atoms with van der Waals surface area (Å²) in [5.74, 6) is 2.58. The molecule has 2 nitrogen and oxygen atoms in total. The Labute approximate surface area is 366 Å². The molecule has 312 valence electrons. The maximum atomic E-state index is 7.16. The van der Waals surface area contributed by atoms with E-state index in [4.69, 9.17) is 4.74 Å². The van der Waals surface area contributed by atoms with Gasteiger partial charge in [-0.15, -0.1) is 0 Å². The maximum Gasteiger partial charge on any atom is 0.0796 e. The fourth-order valence-electron chi connectivity index (χ4n) is 14.9. The van der Waals surface area contributed by atoms with Crippen molar-refractivity contribution in [1.82, 2.24) is 0 Å². The van der Waals surface area contributed by atoms with Gasteiger partial charge in [0.15, 0.2) is 0 Å². The van der Waals surface area contributed by atoms with Crippen LogP contribution in [0.5, 0.6) is 0 Å². The van der Waals surface area contributed by atoms with Gasteiger partial charge in [0.2, 0.25) is 0 Å². The van der Waals surface area contributed by atoms with Crippen molar-refractivity contribution < 1.29 is 4.74 Å². The normalized spacial score (nSPS) is 35.9. The van der Waals surface area contributed by atoms with Crippen molar-refractivity contribution in [2.75, 3.05) is 4.90 Å². The van der Waals surface area contributed by atoms with E-state index in [1.54, 1.807) is 27.8 Å². The molecule has 0 amide bonds. The van der Waals surface area contributed by atoms with E-state index in [9.17, 15) is 0 Å². The largest absolute Gasteiger partial charge is 0.370 e. The Bertz CT molecular complexity index is 2350. The van der Waals surface area contributed by atoms with E-state index in [1.165, 1.54) is 125 Å². The van der Waals surface area contributed by atoms with E-state index in [-0.39, 0.29) is 11.5 Å². The number of allylic oxidation sites excluding steroid dienone is 15. The molecule has 0 bridgehead atoms. The third-order valence-electron chi connectivity index (χ3n) is 17.4. The van der Waals surface area contributed by atoms with Gasteiger partial charge >= 0.3 is 0 Å². The maximum absolute atomic E-state index is 7.16. The van der Waals surface area contributed by atoms with Crippen molar-refractivity contribution in [2.45, 2.75) is 133 Å². The standard InChI is InChI=1S/C59H65NO/c1-3-15-40(16-4-1)41-27-33-46(34-28-41)60(55-24-12-9-20-48(55)43-17-5-2-6-18-43)47-35-29-42(30-36-47)45-31-37-50-54(39-45)59(53-38-32-44-19-7-8-21-49(44)58(50)53)51-22-10-13-25-56(51)61-57-26-14-11-23-52(57)59/h2,5,7-8,12-13,15,17,19,21,24-25,27-31,33,35-37,39,46,48,50-52,54-57H,1,3-4,6,9-11,14,16,18,20,22-23,26,32,34,38H2. The van der Waals surface area contributed by atoms with E-state index >= 15 is 0 Å². The van der Waals surface area contributed by atoms with Crippen molar-refractivity contribution in [2.24, 2.45) is 35.0 Å². The second-order valence-electron chi connectivity index (χ2n) is 20.2. The van der Waals surface area contributed by atoms with Crippen molar-refractivity contribution in [3.8, 4) is 0 Å². The molecule has 1 heterocycles. The number of anilines is 1. The number of nitrogens with zero attached hydrogens (tertiary/aromatic N) is 1. The lowest BCUT2D eigenvalue weighted by Crippen LogP contribution is -2.59. The fraction of sp³-hybridized carbons (Fsp3) is 0.458. The Morgan fingerprint density at radius 2 is 1.56 bits per heavy atom. The van der Waals surface area contributed by atoms with Crippen LogP contribution in [0, 0.1) is 35.0 Å². The first-order chi connectivity index (χ1) is 30.3. The highest BCUT2D eigenvalue weighted by Gasteiger charge is 2.65. The van der Waals surface area contributed by atoms with Crippen molar-refractivity contribution in [1.29, 1.82) is 0 Å². The Balaban J connectivity index is 0.925. The van der Waals surface area contributed by atoms with Gasteiger partial charge in [-0.1, -0.05) is 145 Å². The zero-order valence-electron chi connectivity index (χ0n) is 36.3. The second kappa shape index (κ2) is 16.1. The fourth-order valence-corrected chi connectivity index (χ4v) is 14.9. The molecule has 2 fully saturated rings. The zero-order valence-corrected chi connectivity index (χ0v) is 36.3. The van der Waals surface area contributed by atoms with Crippen molar-refractivity contribution >= 4 is 16.8 Å². The Hall–Kier alpha value is -4.40. The average molecular weight is 804 g/mol. The molecule has 10 unspecified atom stereocenters. The highest BCUT2D eigenvalue weighted by molar-refractivity contribution is 5.85. The summed E-state index contributed by atoms with van der Waals surface area (Å²) in [6.45, 7) is 0. The smallest absolute Gasteiger partial charge is 0.0796 e. The number of hydrogen-bond donors (Lipinski definition) is 0. The minimum atomic E-state index is 0.151. The Kier molecular flexibility index (Phi) is 10.1. The summed E-state index contributed by atoms with van der Waals surface area (Å²) in [6, 6.07) is 20.1. The van der Waals surface area contributed by atoms with E-state index in [0.717, 1.165) is 6.42 Å². The molecule has 9 aliphatic carbocycles. The molecule has 10 atom stereocenters. The number of hydrogen-bond acceptors (Lipinski definition) is 2. The van der Waals surface area contributed by atoms with Crippen LogP contribution in [0.25, 0.3) is 11.1 Å². The molecule has 10 aliphatic rings. The summed E-state index contributed by atoms with van der Waals surface area (Å²) in [6.07, 6.45) is 56.7. The van der Waals surface area contributed by atoms with Crippen LogP contribution in [-0.2, 0) is 11.2 Å². The summed E-state index contributed by atoms with van der Waals surface area (Å²) in [7, 11) is 0. The van der Waals surface area contributed by atoms with E-state index < -0.39 is 0 Å². The molecular formula is C59H65NO. The first-order valence-corrected chi connectivity index (χ1v) is 24.8. The quantitative estimate of drug-likeness (QED) is 0.270. The summed E-state index contributed by atoms with van der Waals surface area (Å²) in [5, 5.41) is 0. The van der Waals surface area contributed by atoms with E-state index in [2.05, 4.69) is 138 Å². The first-order valence-electron chi connectivity index (χ1n) is 24.8. The highest BCUT2D eigenvalue weighted by Crippen LogP contribution is 2.71. The average Bonchev–Trinajstić information content (AvgIpc) is 3.63. The van der Waals surface area contributed by atoms with Crippen LogP contribution >= 0.6 is 0 Å². The molecule has 1 aliphatic heterocycles. The number of aryl methyl sites for hydroxylation is 1. The van der Waals surface area contributed by atoms with Gasteiger partial charge in [0.1, 0.15) is 0 Å². The molecule has 1 saturated carbocycles. The second-order valence-corrected chi connectivity index (χ2v) is 20.2. The number of fused-ring (bicyclic) bond motifs is 10. The number of rotatable bonds is 6. The summed E-state index contributed by atoms with van der Waals surface area (Å²) >= 11 is 0. The molecule has 0 aromatic heterocycles. The van der Waals surface area contributed by atoms with Crippen molar-refractivity contribution in [3.05, 3.63) is 173 Å². The predicted molar refractivity (Wildman–Crippen MR) is 254 cm³/mol. The van der Waals surface area contributed by atoms with Gasteiger partial charge in [-0.3, -0.25) is 0 Å². The lowest BCUT2D eigenvalue weighted by atomic mass is 9.48. The van der Waals surface area contributed by atoms with Gasteiger partial charge in [0.25, 0.3) is 0 Å². The minimum Gasteiger partial charge on any atom is -0.370 e. The van der Waals surface area contributed by atoms with Crippen LogP contribution in [0.3, 0.4) is 0 Å². The first kappa shape index (κ1) is 38.3. The Morgan fingerprint density at radius 3 is 2.43 bits per heavy atom. The van der Waals surface area contributed by atoms with Gasteiger partial charge in [-0.05, 0) is 165 Å². The van der Waals surface area contributed by atoms with Gasteiger partial charge in [-0.2, -0.15) is 0 Å². The van der Waals surface area contributed by atoms with Crippen LogP contribution in [0.4, 0.5) is 5.69 Å². The molecule has 2 aromatic carbocycles. The van der Waals surface area contributed by atoms with Crippen molar-refractivity contribution in [3.63, 3.8) is 0 Å². The third-order valence-corrected chi connectivity index (χ3v) is 17.4. The van der Waals surface area contributed by atoms with E-state index in [0.29, 0.717) is 47.8 Å². The van der Waals surface area contributed by atoms with Gasteiger partial charge in [0, 0.05) is 22.9 Å². The van der Waals surface area contributed by atoms with Crippen LogP contribution in [0.15, 0.2) is 156 Å². The van der Waals surface area contributed by atoms with Gasteiger partial charge < -0.3 is 9.64 Å². The molecule has 61 heavy (non-hydrogen) atoms. The minimum absolute atomic E-state index is 0.151. The topological polar surface area (TPSA) is 12.5 Å². The lowest BCUT2D eigenvalue weighted by Gasteiger charge is -2.60. The van der Waals surface area contributed by atoms with Crippen LogP contribution in [-0.4, -0.2) is 24.3 Å². The summed E-state index contributed by atoms with van der Waals surface area (Å²) in [4.78, 5) is 2.81. The third kappa shape index (κ3) is 6.43. The molecule has 2 aromatic rings. The Morgan fingerprint density at radius 1 is 0.672 bits per heavy atom. The molecule has 1 spiro atoms. The molecule has 2 heteroatoms. The summed E-state index contributed by atoms with van der Waals surface area (Å²) in [5.41, 5.74) is 15.6. The van der Waals surface area contributed by atoms with E-state index in [1.807, 2.05) is 5.57 Å². The SMILES string of the molecule is C1=CCCC(C2CCC=CC2N(c2ccc(C3=CC4C(C=C3)C3=C(CCc5ccccc53)C43C4CCC=CC4OC4CCCCC43)cc2)C2C=CC(C3=CCCCC3)=CC2)=C1. The zero-order chi connectivity index (χ0) is 40.3. The predicted octanol–water partition coefficient (Wildman–Crippen LogP) is 14.4. The number of ether oxygens (including phenoxy) is 1. The van der Waals surface area contributed by atoms with Crippen LogP contribution < -0.4 is 4.90 Å². The molecule has 0 N–H and O–H groups in total. The van der Waals surface area contributed by atoms with Gasteiger partial charge in [-0.25, -0.2) is 0 Å². The monoisotopic (exact) mass is 804 g/mol. The number of benzene rings is 2. The molecule has 0 radical (unpaired) electrons. The molecule has 12 rings (SSSR count). The summed E-state index contributed by atoms with van der Waals surface area (Å²) < 4.78 is 7.16. The molecular weight excluding hydrogens is 739 g/mol. The molecule has 1 saturated heterocycles. The van der Waals surface area contributed by atoms with Crippen LogP contribution in [0.1, 0.15) is 119 Å². The van der Waals surface area contributed by atoms with Gasteiger partial charge in [0.05, 0.1) is 24.3 Å².